The number of benzene rings is 1. The first-order chi connectivity index (χ1) is 9.06. The van der Waals surface area contributed by atoms with E-state index in [1.807, 2.05) is 32.0 Å². The minimum atomic E-state index is -0.248. The number of hydrogen-bond acceptors (Lipinski definition) is 4. The first-order valence-electron chi connectivity index (χ1n) is 6.27. The number of carbonyl (C=O) groups is 1. The van der Waals surface area contributed by atoms with Crippen LogP contribution in [0.25, 0.3) is 0 Å². The van der Waals surface area contributed by atoms with Crippen LogP contribution in [0.3, 0.4) is 0 Å². The predicted octanol–water partition coefficient (Wildman–Crippen LogP) is 0.495. The molecule has 5 heteroatoms. The molecule has 0 saturated carbocycles. The number of hydrogen-bond donors (Lipinski definition) is 2. The summed E-state index contributed by atoms with van der Waals surface area (Å²) in [6, 6.07) is 5.75. The van der Waals surface area contributed by atoms with E-state index in [1.54, 1.807) is 0 Å². The van der Waals surface area contributed by atoms with Crippen molar-refractivity contribution in [2.24, 2.45) is 0 Å². The highest BCUT2D eigenvalue weighted by molar-refractivity contribution is 5.77. The fourth-order valence-electron chi connectivity index (χ4n) is 1.86. The lowest BCUT2D eigenvalue weighted by molar-refractivity contribution is -0.134. The summed E-state index contributed by atoms with van der Waals surface area (Å²) in [4.78, 5) is 13.2. The van der Waals surface area contributed by atoms with Gasteiger partial charge in [-0.15, -0.1) is 0 Å². The third-order valence-electron chi connectivity index (χ3n) is 2.65. The molecule has 1 aromatic carbocycles. The molecular formula is C14H21NO4. The second kappa shape index (κ2) is 7.76. The number of nitrogens with zero attached hydrogens (tertiary/aromatic N) is 1. The predicted molar refractivity (Wildman–Crippen MR) is 72.2 cm³/mol. The van der Waals surface area contributed by atoms with E-state index in [4.69, 9.17) is 14.9 Å². The normalized spacial score (nSPS) is 10.3. The highest BCUT2D eigenvalue weighted by Crippen LogP contribution is 2.16. The molecule has 0 atom stereocenters. The molecule has 0 fully saturated rings. The van der Waals surface area contributed by atoms with E-state index in [9.17, 15) is 4.79 Å². The van der Waals surface area contributed by atoms with Gasteiger partial charge in [0.1, 0.15) is 5.75 Å². The van der Waals surface area contributed by atoms with Crippen LogP contribution in [-0.2, 0) is 4.79 Å². The Balaban J connectivity index is 2.56. The maximum absolute atomic E-state index is 11.8. The summed E-state index contributed by atoms with van der Waals surface area (Å²) < 4.78 is 5.45. The van der Waals surface area contributed by atoms with Crippen molar-refractivity contribution in [3.63, 3.8) is 0 Å². The van der Waals surface area contributed by atoms with Gasteiger partial charge >= 0.3 is 0 Å². The van der Waals surface area contributed by atoms with Gasteiger partial charge in [0, 0.05) is 13.1 Å². The van der Waals surface area contributed by atoms with Crippen LogP contribution in [0.2, 0.25) is 0 Å². The van der Waals surface area contributed by atoms with Crippen molar-refractivity contribution in [2.45, 2.75) is 13.8 Å². The van der Waals surface area contributed by atoms with Gasteiger partial charge in [-0.3, -0.25) is 4.79 Å². The van der Waals surface area contributed by atoms with E-state index in [-0.39, 0.29) is 38.8 Å². The molecule has 0 heterocycles. The highest BCUT2D eigenvalue weighted by Gasteiger charge is 2.13. The number of aryl methyl sites for hydroxylation is 2. The van der Waals surface area contributed by atoms with Crippen LogP contribution in [0.15, 0.2) is 18.2 Å². The third kappa shape index (κ3) is 5.28. The molecule has 0 bridgehead atoms. The molecule has 0 radical (unpaired) electrons. The standard InChI is InChI=1S/C14H21NO4/c1-11-7-12(2)9-13(8-11)19-10-14(18)15(3-5-16)4-6-17/h7-9,16-17H,3-6,10H2,1-2H3. The Morgan fingerprint density at radius 1 is 1.11 bits per heavy atom. The van der Waals surface area contributed by atoms with Crippen molar-refractivity contribution in [2.75, 3.05) is 32.9 Å². The molecule has 0 aliphatic heterocycles. The molecule has 0 aliphatic carbocycles. The summed E-state index contributed by atoms with van der Waals surface area (Å²) in [6.07, 6.45) is 0. The molecule has 0 spiro atoms. The summed E-state index contributed by atoms with van der Waals surface area (Å²) in [5.74, 6) is 0.404. The molecule has 1 rings (SSSR count). The molecule has 2 N–H and O–H groups in total. The van der Waals surface area contributed by atoms with Gasteiger partial charge < -0.3 is 19.8 Å². The number of rotatable bonds is 7. The van der Waals surface area contributed by atoms with E-state index < -0.39 is 0 Å². The van der Waals surface area contributed by atoms with E-state index in [2.05, 4.69) is 0 Å². The number of carbonyl (C=O) groups excluding carboxylic acids is 1. The Kier molecular flexibility index (Phi) is 6.32. The van der Waals surface area contributed by atoms with Gasteiger partial charge in [-0.2, -0.15) is 0 Å². The second-order valence-corrected chi connectivity index (χ2v) is 4.44. The van der Waals surface area contributed by atoms with Crippen LogP contribution in [0, 0.1) is 13.8 Å². The number of aliphatic hydroxyl groups is 2. The minimum absolute atomic E-state index is 0.0944. The van der Waals surface area contributed by atoms with Crippen LogP contribution in [0.5, 0.6) is 5.75 Å². The molecule has 5 nitrogen and oxygen atoms in total. The van der Waals surface area contributed by atoms with E-state index in [0.29, 0.717) is 5.75 Å². The van der Waals surface area contributed by atoms with Crippen LogP contribution < -0.4 is 4.74 Å². The Hall–Kier alpha value is -1.59. The second-order valence-electron chi connectivity index (χ2n) is 4.44. The van der Waals surface area contributed by atoms with Crippen LogP contribution >= 0.6 is 0 Å². The van der Waals surface area contributed by atoms with Gasteiger partial charge in [-0.1, -0.05) is 6.07 Å². The minimum Gasteiger partial charge on any atom is -0.484 e. The van der Waals surface area contributed by atoms with Crippen molar-refractivity contribution >= 4 is 5.91 Å². The maximum atomic E-state index is 11.8. The summed E-state index contributed by atoms with van der Waals surface area (Å²) in [5.41, 5.74) is 2.15. The van der Waals surface area contributed by atoms with Crippen molar-refractivity contribution in [1.82, 2.24) is 4.90 Å². The van der Waals surface area contributed by atoms with Gasteiger partial charge in [0.2, 0.25) is 0 Å². The Bertz CT molecular complexity index is 394. The molecule has 106 valence electrons. The summed E-state index contributed by atoms with van der Waals surface area (Å²) in [5, 5.41) is 17.7. The topological polar surface area (TPSA) is 70.0 Å². The third-order valence-corrected chi connectivity index (χ3v) is 2.65. The molecule has 0 aliphatic rings. The lowest BCUT2D eigenvalue weighted by Gasteiger charge is -2.20. The van der Waals surface area contributed by atoms with E-state index >= 15 is 0 Å². The molecule has 1 aromatic rings. The first-order valence-corrected chi connectivity index (χ1v) is 6.27. The fourth-order valence-corrected chi connectivity index (χ4v) is 1.86. The number of aliphatic hydroxyl groups excluding tert-OH is 2. The molecule has 19 heavy (non-hydrogen) atoms. The van der Waals surface area contributed by atoms with E-state index in [1.165, 1.54) is 4.90 Å². The fraction of sp³-hybridized carbons (Fsp3) is 0.500. The SMILES string of the molecule is Cc1cc(C)cc(OCC(=O)N(CCO)CCO)c1. The zero-order chi connectivity index (χ0) is 14.3. The summed E-state index contributed by atoms with van der Waals surface area (Å²) in [7, 11) is 0. The van der Waals surface area contributed by atoms with Crippen molar-refractivity contribution in [1.29, 1.82) is 0 Å². The molecule has 1 amide bonds. The lowest BCUT2D eigenvalue weighted by atomic mass is 10.1. The average molecular weight is 267 g/mol. The summed E-state index contributed by atoms with van der Waals surface area (Å²) in [6.45, 7) is 3.98. The smallest absolute Gasteiger partial charge is 0.260 e. The Morgan fingerprint density at radius 2 is 1.63 bits per heavy atom. The molecule has 0 saturated heterocycles. The van der Waals surface area contributed by atoms with Gasteiger partial charge in [-0.25, -0.2) is 0 Å². The first kappa shape index (κ1) is 15.5. The lowest BCUT2D eigenvalue weighted by Crippen LogP contribution is -2.38. The van der Waals surface area contributed by atoms with Crippen LogP contribution in [0.4, 0.5) is 0 Å². The zero-order valence-electron chi connectivity index (χ0n) is 11.4. The van der Waals surface area contributed by atoms with Crippen molar-refractivity contribution in [3.05, 3.63) is 29.3 Å². The number of amides is 1. The maximum Gasteiger partial charge on any atom is 0.260 e. The molecular weight excluding hydrogens is 246 g/mol. The van der Waals surface area contributed by atoms with Crippen LogP contribution in [-0.4, -0.2) is 53.9 Å². The highest BCUT2D eigenvalue weighted by atomic mass is 16.5. The molecule has 0 aromatic heterocycles. The largest absolute Gasteiger partial charge is 0.484 e. The zero-order valence-corrected chi connectivity index (χ0v) is 11.4. The molecule has 0 unspecified atom stereocenters. The summed E-state index contributed by atoms with van der Waals surface area (Å²) >= 11 is 0. The van der Waals surface area contributed by atoms with Gasteiger partial charge in [-0.05, 0) is 37.1 Å². The Morgan fingerprint density at radius 3 is 2.11 bits per heavy atom. The van der Waals surface area contributed by atoms with Crippen molar-refractivity contribution < 1.29 is 19.7 Å². The Labute approximate surface area is 113 Å². The number of ether oxygens (including phenoxy) is 1. The van der Waals surface area contributed by atoms with Gasteiger partial charge in [0.25, 0.3) is 5.91 Å². The monoisotopic (exact) mass is 267 g/mol. The average Bonchev–Trinajstić information content (AvgIpc) is 2.34. The van der Waals surface area contributed by atoms with Crippen LogP contribution in [0.1, 0.15) is 11.1 Å². The van der Waals surface area contributed by atoms with E-state index in [0.717, 1.165) is 11.1 Å². The van der Waals surface area contributed by atoms with Crippen molar-refractivity contribution in [3.8, 4) is 5.75 Å². The quantitative estimate of drug-likeness (QED) is 0.754. The van der Waals surface area contributed by atoms with Gasteiger partial charge in [0.15, 0.2) is 6.61 Å². The van der Waals surface area contributed by atoms with Gasteiger partial charge in [0.05, 0.1) is 13.2 Å².